The van der Waals surface area contributed by atoms with Crippen molar-refractivity contribution in [3.05, 3.63) is 11.1 Å². The summed E-state index contributed by atoms with van der Waals surface area (Å²) < 4.78 is 19.4. The van der Waals surface area contributed by atoms with Gasteiger partial charge in [0.2, 0.25) is 0 Å². The number of rotatable bonds is 0. The van der Waals surface area contributed by atoms with E-state index in [1.165, 1.54) is 5.57 Å². The molecule has 3 aliphatic heterocycles. The highest BCUT2D eigenvalue weighted by atomic mass is 16.6. The van der Waals surface area contributed by atoms with Crippen LogP contribution in [0.5, 0.6) is 0 Å². The summed E-state index contributed by atoms with van der Waals surface area (Å²) in [4.78, 5) is 25.8. The molecule has 0 radical (unpaired) electrons. The Morgan fingerprint density at radius 2 is 1.54 bits per heavy atom. The van der Waals surface area contributed by atoms with E-state index in [-0.39, 0.29) is 77.4 Å². The lowest BCUT2D eigenvalue weighted by atomic mass is 9.54. The van der Waals surface area contributed by atoms with Crippen LogP contribution in [0.3, 0.4) is 0 Å². The van der Waals surface area contributed by atoms with Crippen LogP contribution in [-0.4, -0.2) is 57.3 Å². The molecule has 7 heteroatoms. The first kappa shape index (κ1) is 23.4. The predicted molar refractivity (Wildman–Crippen MR) is 131 cm³/mol. The highest BCUT2D eigenvalue weighted by molar-refractivity contribution is 5.76. The Labute approximate surface area is 218 Å². The monoisotopic (exact) mass is 512 g/mol. The molecule has 0 aromatic heterocycles. The van der Waals surface area contributed by atoms with Gasteiger partial charge in [-0.2, -0.15) is 0 Å². The molecule has 8 rings (SSSR count). The van der Waals surface area contributed by atoms with Gasteiger partial charge in [-0.05, 0) is 76.7 Å². The third-order valence-electron chi connectivity index (χ3n) is 13.5. The SMILES string of the molecule is CC1=C2[C@H]3OC(=O)[C@@H](C)[C@@H]3CC[C@](C)(O)[C@@H]2[C@H]2[C@@H]3[C@@H]4[C@]5([C@H]6OC(=O)[C@@H](C)[C@@H]6CC[C@]4(C)O[C@]5(C)[C@@H]3O)[C@@H]12. The van der Waals surface area contributed by atoms with Gasteiger partial charge in [-0.15, -0.1) is 0 Å². The van der Waals surface area contributed by atoms with Gasteiger partial charge in [0.1, 0.15) is 17.8 Å². The maximum Gasteiger partial charge on any atom is 0.309 e. The number of hydrogen-bond donors (Lipinski definition) is 2. The van der Waals surface area contributed by atoms with Crippen LogP contribution in [0.4, 0.5) is 0 Å². The van der Waals surface area contributed by atoms with Crippen molar-refractivity contribution in [2.24, 2.45) is 58.7 Å². The molecule has 7 nitrogen and oxygen atoms in total. The average Bonchev–Trinajstić information content (AvgIpc) is 3.53. The summed E-state index contributed by atoms with van der Waals surface area (Å²) >= 11 is 0. The number of ether oxygens (including phenoxy) is 3. The van der Waals surface area contributed by atoms with Gasteiger partial charge in [0.05, 0.1) is 34.6 Å². The first-order valence-electron chi connectivity index (χ1n) is 14.5. The third kappa shape index (κ3) is 2.18. The molecular weight excluding hydrogens is 472 g/mol. The second-order valence-electron chi connectivity index (χ2n) is 14.7. The molecule has 3 saturated heterocycles. The fourth-order valence-electron chi connectivity index (χ4n) is 12.3. The summed E-state index contributed by atoms with van der Waals surface area (Å²) in [6.07, 6.45) is 1.71. The van der Waals surface area contributed by atoms with E-state index in [0.29, 0.717) is 6.42 Å². The van der Waals surface area contributed by atoms with Gasteiger partial charge in [-0.1, -0.05) is 19.4 Å². The smallest absolute Gasteiger partial charge is 0.309 e. The number of esters is 2. The molecule has 4 saturated carbocycles. The van der Waals surface area contributed by atoms with E-state index >= 15 is 0 Å². The molecule has 0 aromatic carbocycles. The van der Waals surface area contributed by atoms with Crippen molar-refractivity contribution in [3.63, 3.8) is 0 Å². The first-order chi connectivity index (χ1) is 17.3. The largest absolute Gasteiger partial charge is 0.461 e. The second-order valence-corrected chi connectivity index (χ2v) is 14.7. The predicted octanol–water partition coefficient (Wildman–Crippen LogP) is 3.01. The number of aliphatic hydroxyl groups excluding tert-OH is 1. The van der Waals surface area contributed by atoms with E-state index in [0.717, 1.165) is 24.8 Å². The molecule has 5 aliphatic carbocycles. The van der Waals surface area contributed by atoms with Gasteiger partial charge < -0.3 is 24.4 Å². The highest BCUT2D eigenvalue weighted by Gasteiger charge is 2.91. The molecule has 0 aromatic rings. The van der Waals surface area contributed by atoms with Crippen molar-refractivity contribution < 1.29 is 34.0 Å². The lowest BCUT2D eigenvalue weighted by molar-refractivity contribution is -0.254. The zero-order valence-electron chi connectivity index (χ0n) is 22.7. The van der Waals surface area contributed by atoms with Crippen molar-refractivity contribution in [3.8, 4) is 0 Å². The van der Waals surface area contributed by atoms with Crippen molar-refractivity contribution >= 4 is 11.9 Å². The van der Waals surface area contributed by atoms with Gasteiger partial charge in [0.25, 0.3) is 0 Å². The molecule has 8 aliphatic rings. The summed E-state index contributed by atoms with van der Waals surface area (Å²) in [7, 11) is 0. The summed E-state index contributed by atoms with van der Waals surface area (Å²) in [5, 5.41) is 24.2. The van der Waals surface area contributed by atoms with E-state index in [1.807, 2.05) is 20.8 Å². The maximum atomic E-state index is 13.1. The molecule has 2 N–H and O–H groups in total. The van der Waals surface area contributed by atoms with Crippen LogP contribution in [0.25, 0.3) is 0 Å². The maximum absolute atomic E-state index is 13.1. The van der Waals surface area contributed by atoms with Crippen LogP contribution in [0.15, 0.2) is 11.1 Å². The summed E-state index contributed by atoms with van der Waals surface area (Å²) in [5.41, 5.74) is -0.528. The number of fused-ring (bicyclic) bond motifs is 7. The molecule has 0 unspecified atom stereocenters. The fourth-order valence-corrected chi connectivity index (χ4v) is 12.3. The molecule has 7 fully saturated rings. The van der Waals surface area contributed by atoms with Gasteiger partial charge in [-0.25, -0.2) is 0 Å². The molecular formula is C30H40O7. The van der Waals surface area contributed by atoms with Crippen molar-refractivity contribution in [1.29, 1.82) is 0 Å². The van der Waals surface area contributed by atoms with Gasteiger partial charge >= 0.3 is 11.9 Å². The van der Waals surface area contributed by atoms with E-state index in [9.17, 15) is 19.8 Å². The first-order valence-corrected chi connectivity index (χ1v) is 14.5. The zero-order valence-corrected chi connectivity index (χ0v) is 22.7. The van der Waals surface area contributed by atoms with E-state index in [4.69, 9.17) is 14.2 Å². The second kappa shape index (κ2) is 6.47. The molecule has 16 atom stereocenters. The normalized spacial score (nSPS) is 64.5. The molecule has 0 amide bonds. The van der Waals surface area contributed by atoms with Crippen molar-refractivity contribution in [1.82, 2.24) is 0 Å². The average molecular weight is 513 g/mol. The minimum absolute atomic E-state index is 0.00116. The minimum atomic E-state index is -0.974. The van der Waals surface area contributed by atoms with Gasteiger partial charge in [0, 0.05) is 23.7 Å². The fraction of sp³-hybridized carbons (Fsp3) is 0.867. The highest BCUT2D eigenvalue weighted by Crippen LogP contribution is 2.85. The van der Waals surface area contributed by atoms with E-state index in [2.05, 4.69) is 20.8 Å². The number of hydrogen-bond acceptors (Lipinski definition) is 7. The van der Waals surface area contributed by atoms with Crippen LogP contribution < -0.4 is 0 Å². The zero-order chi connectivity index (χ0) is 26.2. The van der Waals surface area contributed by atoms with E-state index in [1.54, 1.807) is 0 Å². The number of carbonyl (C=O) groups is 2. The van der Waals surface area contributed by atoms with Crippen LogP contribution in [0.2, 0.25) is 0 Å². The standard InChI is InChI=1S/C30H40O7/c1-11-14-7-9-27(4,34)20-16(21(14)35-25(11)32)13(3)19-17(20)18-22-28(5)10-8-15-12(2)26(33)36-24(15)30(19,22)29(6,37-28)23(18)31/h11-12,14-15,17-24,31,34H,7-10H2,1-6H3/t11-,12-,14-,15-,17-,18+,19-,20-,21-,22-,23+,24-,27-,28-,29+,30-/m0/s1. The van der Waals surface area contributed by atoms with Gasteiger partial charge in [0.15, 0.2) is 0 Å². The lowest BCUT2D eigenvalue weighted by Crippen LogP contribution is -2.64. The van der Waals surface area contributed by atoms with Crippen molar-refractivity contribution in [2.75, 3.05) is 0 Å². The Morgan fingerprint density at radius 1 is 0.892 bits per heavy atom. The number of allylic oxidation sites excluding steroid dienone is 1. The lowest BCUT2D eigenvalue weighted by Gasteiger charge is -2.55. The Bertz CT molecular complexity index is 1170. The van der Waals surface area contributed by atoms with Gasteiger partial charge in [-0.3, -0.25) is 9.59 Å². The van der Waals surface area contributed by atoms with Crippen LogP contribution >= 0.6 is 0 Å². The molecule has 37 heavy (non-hydrogen) atoms. The topological polar surface area (TPSA) is 102 Å². The molecule has 5 bridgehead atoms. The molecule has 0 spiro atoms. The Kier molecular flexibility index (Phi) is 4.10. The van der Waals surface area contributed by atoms with Crippen LogP contribution in [-0.2, 0) is 23.8 Å². The Morgan fingerprint density at radius 3 is 2.27 bits per heavy atom. The van der Waals surface area contributed by atoms with Crippen LogP contribution in [0, 0.1) is 58.7 Å². The van der Waals surface area contributed by atoms with Crippen molar-refractivity contribution in [2.45, 2.75) is 102 Å². The Balaban J connectivity index is 1.39. The molecule has 202 valence electrons. The van der Waals surface area contributed by atoms with E-state index < -0.39 is 28.3 Å². The third-order valence-corrected chi connectivity index (χ3v) is 13.5. The minimum Gasteiger partial charge on any atom is -0.461 e. The quantitative estimate of drug-likeness (QED) is 0.380. The number of aliphatic hydroxyl groups is 2. The number of carbonyl (C=O) groups excluding carboxylic acids is 2. The van der Waals surface area contributed by atoms with Crippen LogP contribution in [0.1, 0.15) is 67.2 Å². The molecule has 3 heterocycles. The summed E-state index contributed by atoms with van der Waals surface area (Å²) in [5.74, 6) is -0.748. The summed E-state index contributed by atoms with van der Waals surface area (Å²) in [6.45, 7) is 12.4. The summed E-state index contributed by atoms with van der Waals surface area (Å²) in [6, 6.07) is 0. The Hall–Kier alpha value is -1.44.